The van der Waals surface area contributed by atoms with Crippen molar-refractivity contribution >= 4 is 5.69 Å². The average Bonchev–Trinajstić information content (AvgIpc) is 2.26. The third-order valence-corrected chi connectivity index (χ3v) is 1.72. The predicted molar refractivity (Wildman–Crippen MR) is 55.3 cm³/mol. The van der Waals surface area contributed by atoms with E-state index in [1.54, 1.807) is 6.07 Å². The van der Waals surface area contributed by atoms with Crippen molar-refractivity contribution in [1.29, 1.82) is 0 Å². The first-order valence-electron chi connectivity index (χ1n) is 4.25. The molecule has 0 aliphatic rings. The first-order valence-corrected chi connectivity index (χ1v) is 4.25. The molecule has 0 spiro atoms. The second-order valence-corrected chi connectivity index (χ2v) is 2.69. The Kier molecular flexibility index (Phi) is 3.68. The Hall–Kier alpha value is -2.04. The molecule has 1 aromatic rings. The molecule has 0 N–H and O–H groups in total. The summed E-state index contributed by atoms with van der Waals surface area (Å²) < 4.78 is 10.0. The van der Waals surface area contributed by atoms with Gasteiger partial charge in [0.15, 0.2) is 5.75 Å². The monoisotopic (exact) mass is 209 g/mol. The molecule has 0 aromatic heterocycles. The van der Waals surface area contributed by atoms with Gasteiger partial charge in [0.2, 0.25) is 0 Å². The number of hydrogen-bond donors (Lipinski definition) is 0. The van der Waals surface area contributed by atoms with E-state index in [4.69, 9.17) is 9.47 Å². The highest BCUT2D eigenvalue weighted by Gasteiger charge is 2.15. The number of ether oxygens (including phenoxy) is 2. The second-order valence-electron chi connectivity index (χ2n) is 2.69. The summed E-state index contributed by atoms with van der Waals surface area (Å²) >= 11 is 0. The topological polar surface area (TPSA) is 61.6 Å². The van der Waals surface area contributed by atoms with E-state index < -0.39 is 4.92 Å². The van der Waals surface area contributed by atoms with Crippen molar-refractivity contribution in [2.24, 2.45) is 0 Å². The fourth-order valence-corrected chi connectivity index (χ4v) is 1.04. The molecule has 0 fully saturated rings. The SMILES string of the molecule is C=CCOc1ccc(OC)cc1[N+](=O)[O-]. The molecule has 0 heterocycles. The first kappa shape index (κ1) is 11.0. The minimum atomic E-state index is -0.513. The molecule has 0 unspecified atom stereocenters. The summed E-state index contributed by atoms with van der Waals surface area (Å²) in [7, 11) is 1.45. The Labute approximate surface area is 87.1 Å². The number of nitro groups is 1. The maximum atomic E-state index is 10.7. The zero-order valence-corrected chi connectivity index (χ0v) is 8.30. The molecule has 15 heavy (non-hydrogen) atoms. The second kappa shape index (κ2) is 4.99. The third-order valence-electron chi connectivity index (χ3n) is 1.72. The van der Waals surface area contributed by atoms with Gasteiger partial charge in [0, 0.05) is 0 Å². The number of benzene rings is 1. The summed E-state index contributed by atoms with van der Waals surface area (Å²) in [6.45, 7) is 3.69. The number of hydrogen-bond acceptors (Lipinski definition) is 4. The van der Waals surface area contributed by atoms with Gasteiger partial charge in [-0.25, -0.2) is 0 Å². The Morgan fingerprint density at radius 3 is 2.87 bits per heavy atom. The molecule has 0 atom stereocenters. The lowest BCUT2D eigenvalue weighted by molar-refractivity contribution is -0.385. The third kappa shape index (κ3) is 2.70. The van der Waals surface area contributed by atoms with E-state index in [0.717, 1.165) is 0 Å². The van der Waals surface area contributed by atoms with Crippen molar-refractivity contribution in [2.75, 3.05) is 13.7 Å². The largest absolute Gasteiger partial charge is 0.496 e. The maximum Gasteiger partial charge on any atom is 0.314 e. The van der Waals surface area contributed by atoms with E-state index in [0.29, 0.717) is 5.75 Å². The van der Waals surface area contributed by atoms with Crippen molar-refractivity contribution < 1.29 is 14.4 Å². The minimum Gasteiger partial charge on any atom is -0.496 e. The maximum absolute atomic E-state index is 10.7. The predicted octanol–water partition coefficient (Wildman–Crippen LogP) is 2.17. The van der Waals surface area contributed by atoms with E-state index in [-0.39, 0.29) is 18.0 Å². The quantitative estimate of drug-likeness (QED) is 0.423. The lowest BCUT2D eigenvalue weighted by Gasteiger charge is -2.05. The molecule has 0 saturated heterocycles. The van der Waals surface area contributed by atoms with E-state index >= 15 is 0 Å². The summed E-state index contributed by atoms with van der Waals surface area (Å²) in [4.78, 5) is 10.2. The fraction of sp³-hybridized carbons (Fsp3) is 0.200. The van der Waals surface area contributed by atoms with Gasteiger partial charge < -0.3 is 9.47 Å². The van der Waals surface area contributed by atoms with Gasteiger partial charge in [-0.15, -0.1) is 0 Å². The van der Waals surface area contributed by atoms with Crippen LogP contribution in [0.3, 0.4) is 0 Å². The molecular weight excluding hydrogens is 198 g/mol. The zero-order valence-electron chi connectivity index (χ0n) is 8.30. The Morgan fingerprint density at radius 1 is 1.60 bits per heavy atom. The van der Waals surface area contributed by atoms with Gasteiger partial charge in [-0.1, -0.05) is 12.7 Å². The molecule has 0 aliphatic carbocycles. The molecule has 0 saturated carbocycles. The van der Waals surface area contributed by atoms with Crippen LogP contribution in [0.5, 0.6) is 11.5 Å². The highest BCUT2D eigenvalue weighted by atomic mass is 16.6. The summed E-state index contributed by atoms with van der Waals surface area (Å²) in [6, 6.07) is 4.42. The van der Waals surface area contributed by atoms with Crippen LogP contribution in [0.2, 0.25) is 0 Å². The average molecular weight is 209 g/mol. The van der Waals surface area contributed by atoms with Gasteiger partial charge in [-0.05, 0) is 12.1 Å². The number of methoxy groups -OCH3 is 1. The van der Waals surface area contributed by atoms with Gasteiger partial charge in [0.1, 0.15) is 12.4 Å². The van der Waals surface area contributed by atoms with E-state index in [1.807, 2.05) is 0 Å². The molecule has 0 radical (unpaired) electrons. The van der Waals surface area contributed by atoms with E-state index in [9.17, 15) is 10.1 Å². The smallest absolute Gasteiger partial charge is 0.314 e. The van der Waals surface area contributed by atoms with E-state index in [2.05, 4.69) is 6.58 Å². The number of rotatable bonds is 5. The van der Waals surface area contributed by atoms with Crippen molar-refractivity contribution in [3.63, 3.8) is 0 Å². The van der Waals surface area contributed by atoms with Crippen LogP contribution in [0.4, 0.5) is 5.69 Å². The van der Waals surface area contributed by atoms with Crippen molar-refractivity contribution in [2.45, 2.75) is 0 Å². The number of nitrogens with zero attached hydrogens (tertiary/aromatic N) is 1. The summed E-state index contributed by atoms with van der Waals surface area (Å²) in [5.41, 5.74) is -0.115. The Morgan fingerprint density at radius 2 is 2.33 bits per heavy atom. The van der Waals surface area contributed by atoms with Gasteiger partial charge in [-0.3, -0.25) is 10.1 Å². The lowest BCUT2D eigenvalue weighted by Crippen LogP contribution is -1.98. The van der Waals surface area contributed by atoms with Crippen LogP contribution in [0.15, 0.2) is 30.9 Å². The van der Waals surface area contributed by atoms with Crippen LogP contribution in [0.1, 0.15) is 0 Å². The van der Waals surface area contributed by atoms with Gasteiger partial charge >= 0.3 is 5.69 Å². The summed E-state index contributed by atoms with van der Waals surface area (Å²) in [5.74, 6) is 0.633. The molecule has 0 bridgehead atoms. The lowest BCUT2D eigenvalue weighted by atomic mass is 10.3. The van der Waals surface area contributed by atoms with Crippen LogP contribution in [-0.2, 0) is 0 Å². The van der Waals surface area contributed by atoms with Crippen molar-refractivity contribution in [3.05, 3.63) is 41.0 Å². The van der Waals surface area contributed by atoms with Crippen LogP contribution < -0.4 is 9.47 Å². The summed E-state index contributed by atoms with van der Waals surface area (Å²) in [5, 5.41) is 10.7. The Balaban J connectivity index is 3.03. The first-order chi connectivity index (χ1) is 7.19. The van der Waals surface area contributed by atoms with Crippen LogP contribution in [0, 0.1) is 10.1 Å². The van der Waals surface area contributed by atoms with Crippen LogP contribution in [0.25, 0.3) is 0 Å². The van der Waals surface area contributed by atoms with Gasteiger partial charge in [-0.2, -0.15) is 0 Å². The zero-order chi connectivity index (χ0) is 11.3. The molecule has 5 heteroatoms. The van der Waals surface area contributed by atoms with Gasteiger partial charge in [0.25, 0.3) is 0 Å². The van der Waals surface area contributed by atoms with Crippen LogP contribution >= 0.6 is 0 Å². The molecule has 5 nitrogen and oxygen atoms in total. The fourth-order valence-electron chi connectivity index (χ4n) is 1.04. The normalized spacial score (nSPS) is 9.40. The highest BCUT2D eigenvalue weighted by molar-refractivity contribution is 5.50. The molecule has 80 valence electrons. The Bertz CT molecular complexity index is 376. The van der Waals surface area contributed by atoms with Crippen LogP contribution in [-0.4, -0.2) is 18.6 Å². The van der Waals surface area contributed by atoms with Gasteiger partial charge in [0.05, 0.1) is 18.1 Å². The van der Waals surface area contributed by atoms with E-state index in [1.165, 1.54) is 25.3 Å². The molecule has 1 aromatic carbocycles. The van der Waals surface area contributed by atoms with Crippen molar-refractivity contribution in [3.8, 4) is 11.5 Å². The molecule has 0 amide bonds. The number of nitro benzene ring substituents is 1. The highest BCUT2D eigenvalue weighted by Crippen LogP contribution is 2.30. The standard InChI is InChI=1S/C10H11NO4/c1-3-6-15-10-5-4-8(14-2)7-9(10)11(12)13/h3-5,7H,1,6H2,2H3. The molecule has 0 aliphatic heterocycles. The molecular formula is C10H11NO4. The minimum absolute atomic E-state index is 0.115. The van der Waals surface area contributed by atoms with Crippen molar-refractivity contribution in [1.82, 2.24) is 0 Å². The summed E-state index contributed by atoms with van der Waals surface area (Å²) in [6.07, 6.45) is 1.52. The molecule has 1 rings (SSSR count).